The summed E-state index contributed by atoms with van der Waals surface area (Å²) in [5, 5.41) is 12.3. The van der Waals surface area contributed by atoms with Crippen LogP contribution in [0.4, 0.5) is 0 Å². The van der Waals surface area contributed by atoms with Crippen molar-refractivity contribution >= 4 is 15.9 Å². The Hall–Kier alpha value is -0.380. The van der Waals surface area contributed by atoms with Crippen LogP contribution in [0.15, 0.2) is 28.7 Å². The number of hydrogen-bond acceptors (Lipinski definition) is 2. The molecule has 2 nitrogen and oxygen atoms in total. The number of benzene rings is 1. The van der Waals surface area contributed by atoms with Crippen LogP contribution in [-0.4, -0.2) is 23.8 Å². The molecule has 1 rings (SSSR count). The van der Waals surface area contributed by atoms with Gasteiger partial charge in [-0.1, -0.05) is 28.1 Å². The third-order valence-corrected chi connectivity index (χ3v) is 2.77. The average molecular weight is 272 g/mol. The van der Waals surface area contributed by atoms with Gasteiger partial charge in [0.25, 0.3) is 0 Å². The van der Waals surface area contributed by atoms with Gasteiger partial charge < -0.3 is 10.4 Å². The molecule has 0 radical (unpaired) electrons. The topological polar surface area (TPSA) is 32.3 Å². The van der Waals surface area contributed by atoms with Crippen LogP contribution in [0.2, 0.25) is 0 Å². The molecule has 3 heteroatoms. The predicted molar refractivity (Wildman–Crippen MR) is 67.0 cm³/mol. The quantitative estimate of drug-likeness (QED) is 0.862. The molecule has 84 valence electrons. The number of halogens is 1. The normalized spacial score (nSPS) is 14.9. The molecule has 1 unspecified atom stereocenters. The Morgan fingerprint density at radius 3 is 2.67 bits per heavy atom. The lowest BCUT2D eigenvalue weighted by Gasteiger charge is -2.18. The number of nitrogens with one attached hydrogen (secondary N) is 1. The molecular formula is C12H18BrNO. The summed E-state index contributed by atoms with van der Waals surface area (Å²) in [7, 11) is 0. The minimum absolute atomic E-state index is 0.159. The molecule has 2 atom stereocenters. The maximum atomic E-state index is 8.92. The van der Waals surface area contributed by atoms with Crippen molar-refractivity contribution in [2.75, 3.05) is 6.61 Å². The molecule has 2 N–H and O–H groups in total. The maximum Gasteiger partial charge on any atom is 0.0582 e. The van der Waals surface area contributed by atoms with Gasteiger partial charge in [-0.25, -0.2) is 0 Å². The third kappa shape index (κ3) is 4.78. The molecule has 0 aromatic heterocycles. The first-order valence-corrected chi connectivity index (χ1v) is 6.02. The van der Waals surface area contributed by atoms with Crippen LogP contribution in [0.1, 0.15) is 19.4 Å². The molecule has 0 bridgehead atoms. The molecule has 0 saturated heterocycles. The van der Waals surface area contributed by atoms with Gasteiger partial charge in [-0.3, -0.25) is 0 Å². The van der Waals surface area contributed by atoms with Crippen LogP contribution >= 0.6 is 15.9 Å². The van der Waals surface area contributed by atoms with Gasteiger partial charge in [0.1, 0.15) is 0 Å². The van der Waals surface area contributed by atoms with Crippen molar-refractivity contribution in [2.45, 2.75) is 32.4 Å². The van der Waals surface area contributed by atoms with Gasteiger partial charge in [-0.15, -0.1) is 0 Å². The van der Waals surface area contributed by atoms with Crippen molar-refractivity contribution < 1.29 is 5.11 Å². The first-order valence-electron chi connectivity index (χ1n) is 5.23. The smallest absolute Gasteiger partial charge is 0.0582 e. The summed E-state index contributed by atoms with van der Waals surface area (Å²) >= 11 is 3.46. The summed E-state index contributed by atoms with van der Waals surface area (Å²) in [4.78, 5) is 0. The fraction of sp³-hybridized carbons (Fsp3) is 0.500. The molecule has 0 aliphatic rings. The summed E-state index contributed by atoms with van der Waals surface area (Å²) in [5.41, 5.74) is 1.30. The maximum absolute atomic E-state index is 8.92. The van der Waals surface area contributed by atoms with Crippen molar-refractivity contribution in [3.63, 3.8) is 0 Å². The van der Waals surface area contributed by atoms with E-state index in [0.717, 1.165) is 10.9 Å². The van der Waals surface area contributed by atoms with Crippen LogP contribution < -0.4 is 5.32 Å². The Morgan fingerprint density at radius 2 is 2.07 bits per heavy atom. The highest BCUT2D eigenvalue weighted by Crippen LogP contribution is 2.13. The van der Waals surface area contributed by atoms with E-state index in [1.54, 1.807) is 0 Å². The molecule has 15 heavy (non-hydrogen) atoms. The molecule has 1 aromatic carbocycles. The van der Waals surface area contributed by atoms with Crippen LogP contribution in [0, 0.1) is 0 Å². The standard InChI is InChI=1S/C12H18BrNO/c1-9(14-10(2)8-15)6-11-4-3-5-12(13)7-11/h3-5,7,9-10,14-15H,6,8H2,1-2H3/t9?,10-/m1/s1. The zero-order valence-corrected chi connectivity index (χ0v) is 10.8. The summed E-state index contributed by atoms with van der Waals surface area (Å²) < 4.78 is 1.11. The number of aliphatic hydroxyl groups excluding tert-OH is 1. The molecular weight excluding hydrogens is 254 g/mol. The lowest BCUT2D eigenvalue weighted by atomic mass is 10.1. The molecule has 0 fully saturated rings. The minimum atomic E-state index is 0.159. The lowest BCUT2D eigenvalue weighted by Crippen LogP contribution is -2.37. The Balaban J connectivity index is 2.47. The Bertz CT molecular complexity index is 303. The van der Waals surface area contributed by atoms with Crippen LogP contribution in [0.25, 0.3) is 0 Å². The SMILES string of the molecule is CC(Cc1cccc(Br)c1)N[C@H](C)CO. The molecule has 0 spiro atoms. The van der Waals surface area contributed by atoms with Crippen LogP contribution in [-0.2, 0) is 6.42 Å². The van der Waals surface area contributed by atoms with E-state index in [1.165, 1.54) is 5.56 Å². The Labute approximate surface area is 99.8 Å². The predicted octanol–water partition coefficient (Wildman–Crippen LogP) is 2.35. The van der Waals surface area contributed by atoms with Gasteiger partial charge in [0, 0.05) is 16.6 Å². The van der Waals surface area contributed by atoms with Gasteiger partial charge in [-0.05, 0) is 38.0 Å². The van der Waals surface area contributed by atoms with Crippen LogP contribution in [0.3, 0.4) is 0 Å². The van der Waals surface area contributed by atoms with Gasteiger partial charge in [0.05, 0.1) is 6.61 Å². The third-order valence-electron chi connectivity index (χ3n) is 2.27. The van der Waals surface area contributed by atoms with Crippen molar-refractivity contribution in [2.24, 2.45) is 0 Å². The second kappa shape index (κ2) is 6.26. The van der Waals surface area contributed by atoms with Gasteiger partial charge in [-0.2, -0.15) is 0 Å². The van der Waals surface area contributed by atoms with E-state index in [0.29, 0.717) is 6.04 Å². The zero-order chi connectivity index (χ0) is 11.3. The van der Waals surface area contributed by atoms with Crippen molar-refractivity contribution in [1.29, 1.82) is 0 Å². The highest BCUT2D eigenvalue weighted by atomic mass is 79.9. The Kier molecular flexibility index (Phi) is 5.29. The summed E-state index contributed by atoms with van der Waals surface area (Å²) in [5.74, 6) is 0. The highest BCUT2D eigenvalue weighted by Gasteiger charge is 2.07. The number of rotatable bonds is 5. The van der Waals surface area contributed by atoms with E-state index in [4.69, 9.17) is 5.11 Å². The van der Waals surface area contributed by atoms with Gasteiger partial charge in [0.15, 0.2) is 0 Å². The van der Waals surface area contributed by atoms with E-state index >= 15 is 0 Å². The monoisotopic (exact) mass is 271 g/mol. The van der Waals surface area contributed by atoms with E-state index in [-0.39, 0.29) is 12.6 Å². The van der Waals surface area contributed by atoms with Crippen molar-refractivity contribution in [3.8, 4) is 0 Å². The molecule has 0 aliphatic carbocycles. The first-order chi connectivity index (χ1) is 7.11. The van der Waals surface area contributed by atoms with E-state index < -0.39 is 0 Å². The van der Waals surface area contributed by atoms with Crippen molar-refractivity contribution in [3.05, 3.63) is 34.3 Å². The van der Waals surface area contributed by atoms with Gasteiger partial charge >= 0.3 is 0 Å². The highest BCUT2D eigenvalue weighted by molar-refractivity contribution is 9.10. The summed E-state index contributed by atoms with van der Waals surface area (Å²) in [6.07, 6.45) is 0.976. The first kappa shape index (κ1) is 12.7. The minimum Gasteiger partial charge on any atom is -0.395 e. The molecule has 0 heterocycles. The van der Waals surface area contributed by atoms with Gasteiger partial charge in [0.2, 0.25) is 0 Å². The summed E-state index contributed by atoms with van der Waals surface area (Å²) in [6, 6.07) is 8.85. The van der Waals surface area contributed by atoms with Crippen LogP contribution in [0.5, 0.6) is 0 Å². The number of aliphatic hydroxyl groups is 1. The fourth-order valence-corrected chi connectivity index (χ4v) is 2.06. The van der Waals surface area contributed by atoms with E-state index in [1.807, 2.05) is 19.1 Å². The number of hydrogen-bond donors (Lipinski definition) is 2. The zero-order valence-electron chi connectivity index (χ0n) is 9.20. The second-order valence-electron chi connectivity index (χ2n) is 3.99. The molecule has 0 saturated carbocycles. The summed E-state index contributed by atoms with van der Waals surface area (Å²) in [6.45, 7) is 4.30. The molecule has 0 amide bonds. The molecule has 1 aromatic rings. The van der Waals surface area contributed by atoms with E-state index in [9.17, 15) is 0 Å². The molecule has 0 aliphatic heterocycles. The average Bonchev–Trinajstić information content (AvgIpc) is 2.17. The van der Waals surface area contributed by atoms with Crippen molar-refractivity contribution in [1.82, 2.24) is 5.32 Å². The Morgan fingerprint density at radius 1 is 1.33 bits per heavy atom. The fourth-order valence-electron chi connectivity index (χ4n) is 1.61. The largest absolute Gasteiger partial charge is 0.395 e. The van der Waals surface area contributed by atoms with E-state index in [2.05, 4.69) is 40.3 Å². The second-order valence-corrected chi connectivity index (χ2v) is 4.90. The lowest BCUT2D eigenvalue weighted by molar-refractivity contribution is 0.242.